The fourth-order valence-corrected chi connectivity index (χ4v) is 12.2. The van der Waals surface area contributed by atoms with Crippen LogP contribution in [0.1, 0.15) is 78.4 Å². The number of nitrogens with zero attached hydrogens (tertiary/aromatic N) is 2. The molecule has 0 fully saturated rings. The van der Waals surface area contributed by atoms with Crippen molar-refractivity contribution in [2.45, 2.75) is 27.7 Å². The number of aliphatic imine (C=N–C) groups is 2. The molecule has 0 spiro atoms. The molecule has 9 heterocycles. The Balaban J connectivity index is 1.03. The van der Waals surface area contributed by atoms with Crippen molar-refractivity contribution < 1.29 is 0 Å². The van der Waals surface area contributed by atoms with Crippen LogP contribution in [-0.2, 0) is 0 Å². The summed E-state index contributed by atoms with van der Waals surface area (Å²) in [4.78, 5) is 34.5. The van der Waals surface area contributed by atoms with E-state index in [1.54, 1.807) is 0 Å². The molecule has 86 heavy (non-hydrogen) atoms. The van der Waals surface area contributed by atoms with Gasteiger partial charge in [0.1, 0.15) is 0 Å². The molecule has 0 saturated carbocycles. The number of rotatable bonds is 6. The third-order valence-electron chi connectivity index (χ3n) is 16.6. The second kappa shape index (κ2) is 21.5. The highest BCUT2D eigenvalue weighted by Crippen LogP contribution is 2.36. The van der Waals surface area contributed by atoms with Gasteiger partial charge < -0.3 is 29.9 Å². The summed E-state index contributed by atoms with van der Waals surface area (Å²) in [5, 5.41) is 7.70. The van der Waals surface area contributed by atoms with E-state index in [9.17, 15) is 0 Å². The normalized spacial score (nSPS) is 14.1. The molecule has 0 radical (unpaired) electrons. The number of aromatic amines is 6. The number of fused-ring (bicyclic) bond motifs is 14. The first-order valence-electron chi connectivity index (χ1n) is 29.3. The molecule has 6 aromatic carbocycles. The number of hydrogen-bond acceptors (Lipinski definition) is 2. The van der Waals surface area contributed by atoms with Crippen LogP contribution in [0.25, 0.3) is 33.4 Å². The van der Waals surface area contributed by atoms with E-state index in [4.69, 9.17) is 9.98 Å². The molecule has 6 aromatic heterocycles. The van der Waals surface area contributed by atoms with Gasteiger partial charge in [0.15, 0.2) is 0 Å². The van der Waals surface area contributed by atoms with Crippen LogP contribution in [0, 0.1) is 49.1 Å². The summed E-state index contributed by atoms with van der Waals surface area (Å²) in [5.41, 5.74) is 24.6. The van der Waals surface area contributed by atoms with Crippen LogP contribution >= 0.6 is 0 Å². The van der Waals surface area contributed by atoms with Crippen LogP contribution < -0.4 is 21.4 Å². The van der Waals surface area contributed by atoms with Gasteiger partial charge in [-0.15, -0.1) is 0 Å². The van der Waals surface area contributed by atoms with E-state index < -0.39 is 0 Å². The predicted molar refractivity (Wildman–Crippen MR) is 350 cm³/mol. The third kappa shape index (κ3) is 9.68. The van der Waals surface area contributed by atoms with Gasteiger partial charge in [-0.2, -0.15) is 0 Å². The summed E-state index contributed by atoms with van der Waals surface area (Å²) in [6.45, 7) is 8.52. The first kappa shape index (κ1) is 51.6. The molecular weight excluding hydrogens is 1050 g/mol. The van der Waals surface area contributed by atoms with Gasteiger partial charge >= 0.3 is 0 Å². The van der Waals surface area contributed by atoms with Gasteiger partial charge in [-0.25, -0.2) is 9.98 Å². The highest BCUT2D eigenvalue weighted by Gasteiger charge is 2.23. The second-order valence-electron chi connectivity index (χ2n) is 22.6. The van der Waals surface area contributed by atoms with Gasteiger partial charge in [0.2, 0.25) is 0 Å². The molecule has 412 valence electrons. The van der Waals surface area contributed by atoms with Crippen molar-refractivity contribution in [3.8, 4) is 0 Å². The van der Waals surface area contributed by atoms with E-state index >= 15 is 0 Å². The van der Waals surface area contributed by atoms with Gasteiger partial charge in [0, 0.05) is 77.6 Å². The van der Waals surface area contributed by atoms with E-state index in [0.29, 0.717) is 0 Å². The van der Waals surface area contributed by atoms with Crippen LogP contribution in [-0.4, -0.2) is 41.3 Å². The van der Waals surface area contributed by atoms with Crippen molar-refractivity contribution in [3.05, 3.63) is 387 Å². The van der Waals surface area contributed by atoms with E-state index in [1.807, 2.05) is 0 Å². The molecule has 6 N–H and O–H groups in total. The molecule has 16 bridgehead atoms. The van der Waals surface area contributed by atoms with Crippen molar-refractivity contribution in [1.82, 2.24) is 29.9 Å². The van der Waals surface area contributed by atoms with Crippen LogP contribution in [0.15, 0.2) is 276 Å². The number of aromatic nitrogens is 6. The average molecular weight is 1110 g/mol. The van der Waals surface area contributed by atoms with Gasteiger partial charge in [-0.1, -0.05) is 180 Å². The number of benzene rings is 6. The topological polar surface area (TPSA) is 119 Å². The van der Waals surface area contributed by atoms with Crippen molar-refractivity contribution in [3.63, 3.8) is 0 Å². The zero-order valence-corrected chi connectivity index (χ0v) is 48.1. The zero-order chi connectivity index (χ0) is 57.8. The zero-order valence-electron chi connectivity index (χ0n) is 48.1. The lowest BCUT2D eigenvalue weighted by atomic mass is 9.99. The SMILES string of the molecule is Cc1ccc(C2=c3ccc([nH]3)=c3ccc([nH]3)=C(c3ccc(C)cc3)c3ccc([nH]3)C(c3ccccc3)=C3C=CC(=N3)C(c3ccc(C)cc3)=c3ccc([nH]3)=c3ccc([nH]3)=C(c3ccc(C)cc3)c3ccc([nH]3)C(c3ccccc3)=C3C=CC2=N3)cc1. The molecule has 15 rings (SSSR count). The molecule has 0 saturated heterocycles. The quantitative estimate of drug-likeness (QED) is 0.0951. The Bertz CT molecular complexity index is 4980. The summed E-state index contributed by atoms with van der Waals surface area (Å²) >= 11 is 0. The summed E-state index contributed by atoms with van der Waals surface area (Å²) in [6, 6.07) is 82.4. The molecule has 3 aliphatic rings. The first-order valence-corrected chi connectivity index (χ1v) is 29.3. The summed E-state index contributed by atoms with van der Waals surface area (Å²) < 4.78 is 0. The van der Waals surface area contributed by atoms with Crippen LogP contribution in [0.4, 0.5) is 0 Å². The average Bonchev–Trinajstić information content (AvgIpc) is 3.62. The summed E-state index contributed by atoms with van der Waals surface area (Å²) in [6.07, 6.45) is 8.63. The Kier molecular flexibility index (Phi) is 12.9. The van der Waals surface area contributed by atoms with E-state index in [-0.39, 0.29) is 0 Å². The maximum Gasteiger partial charge on any atom is 0.0737 e. The van der Waals surface area contributed by atoms with Crippen molar-refractivity contribution >= 4 is 44.9 Å². The number of aryl methyl sites for hydroxylation is 4. The number of hydrogen-bond donors (Lipinski definition) is 6. The molecule has 12 aromatic rings. The Morgan fingerprint density at radius 1 is 0.209 bits per heavy atom. The smallest absolute Gasteiger partial charge is 0.0737 e. The van der Waals surface area contributed by atoms with Gasteiger partial charge in [-0.3, -0.25) is 0 Å². The van der Waals surface area contributed by atoms with Crippen molar-refractivity contribution in [2.75, 3.05) is 0 Å². The van der Waals surface area contributed by atoms with Crippen molar-refractivity contribution in [2.24, 2.45) is 9.98 Å². The Hall–Kier alpha value is -11.2. The van der Waals surface area contributed by atoms with Crippen LogP contribution in [0.5, 0.6) is 0 Å². The number of H-pyrrole nitrogens is 6. The van der Waals surface area contributed by atoms with Gasteiger partial charge in [0.05, 0.1) is 44.2 Å². The lowest BCUT2D eigenvalue weighted by molar-refractivity contribution is 1.16. The minimum atomic E-state index is 0.862. The summed E-state index contributed by atoms with van der Waals surface area (Å²) in [7, 11) is 0. The lowest BCUT2D eigenvalue weighted by Gasteiger charge is -2.11. The Labute approximate surface area is 497 Å². The van der Waals surface area contributed by atoms with Crippen LogP contribution in [0.3, 0.4) is 0 Å². The number of allylic oxidation sites excluding steroid dienone is 4. The van der Waals surface area contributed by atoms with E-state index in [2.05, 4.69) is 312 Å². The Morgan fingerprint density at radius 2 is 0.465 bits per heavy atom. The molecule has 8 nitrogen and oxygen atoms in total. The third-order valence-corrected chi connectivity index (χ3v) is 16.6. The van der Waals surface area contributed by atoms with Gasteiger partial charge in [-0.05, 0) is 158 Å². The number of nitrogens with one attached hydrogen (secondary N) is 6. The maximum absolute atomic E-state index is 5.57. The molecule has 8 heteroatoms. The molecule has 3 aliphatic heterocycles. The first-order chi connectivity index (χ1) is 42.2. The van der Waals surface area contributed by atoms with E-state index in [1.165, 1.54) is 22.3 Å². The second-order valence-corrected chi connectivity index (χ2v) is 22.6. The minimum absolute atomic E-state index is 0.862. The minimum Gasteiger partial charge on any atom is -0.354 e. The van der Waals surface area contributed by atoms with E-state index in [0.717, 1.165) is 155 Å². The highest BCUT2D eigenvalue weighted by atomic mass is 14.8. The largest absolute Gasteiger partial charge is 0.354 e. The van der Waals surface area contributed by atoms with Gasteiger partial charge in [0.25, 0.3) is 0 Å². The maximum atomic E-state index is 5.57. The fraction of sp³-hybridized carbons (Fsp3) is 0.0513. The molecule has 0 atom stereocenters. The molecular formula is C78H60N8. The monoisotopic (exact) mass is 1110 g/mol. The standard InChI is InChI=1S/C78H60N8/c1-47-15-23-53(24-16-47)75-61-35-31-57(79-61)58-32-36-62(80-58)76(54-25-17-48(2)18-26-54)71-45-41-67(85-71)74(52-13-9-6-10-14-52)68-42-46-72(86-68)78(56-29-21-50(4)22-30-56)64-38-34-60(82-64)59-33-37-63(81-59)77(55-27-19-49(3)20-28-55)70-44-40-66(84-70)73(51-11-7-5-8-12-51)65-39-43-69(75)83-65/h5-46,79-83,86H,1-4H3. The lowest BCUT2D eigenvalue weighted by Crippen LogP contribution is -2.14. The Morgan fingerprint density at radius 3 is 0.779 bits per heavy atom. The molecule has 0 amide bonds. The molecule has 0 aliphatic carbocycles. The van der Waals surface area contributed by atoms with Crippen molar-refractivity contribution in [1.29, 1.82) is 0 Å². The fourth-order valence-electron chi connectivity index (χ4n) is 12.2. The summed E-state index contributed by atoms with van der Waals surface area (Å²) in [5.74, 6) is 0. The van der Waals surface area contributed by atoms with Crippen LogP contribution in [0.2, 0.25) is 0 Å². The predicted octanol–water partition coefficient (Wildman–Crippen LogP) is 13.6. The molecule has 0 unspecified atom stereocenters. The highest BCUT2D eigenvalue weighted by molar-refractivity contribution is 6.31.